The Kier molecular flexibility index (Phi) is 5.33. The summed E-state index contributed by atoms with van der Waals surface area (Å²) >= 11 is 1.40. The molecule has 30 heavy (non-hydrogen) atoms. The average molecular weight is 423 g/mol. The first-order valence-corrected chi connectivity index (χ1v) is 9.96. The highest BCUT2D eigenvalue weighted by atomic mass is 32.1. The van der Waals surface area contributed by atoms with Crippen LogP contribution in [0.3, 0.4) is 0 Å². The third kappa shape index (κ3) is 3.81. The summed E-state index contributed by atoms with van der Waals surface area (Å²) in [5.41, 5.74) is 1.74. The Bertz CT molecular complexity index is 1280. The maximum Gasteiger partial charge on any atom is 0.263 e. The predicted octanol–water partition coefficient (Wildman–Crippen LogP) is 4.22. The number of hydrogen-bond donors (Lipinski definition) is 1. The van der Waals surface area contributed by atoms with E-state index in [4.69, 9.17) is 4.74 Å². The molecular formula is C22H18FN3O3S. The van der Waals surface area contributed by atoms with E-state index in [0.29, 0.717) is 21.7 Å². The molecule has 6 nitrogen and oxygen atoms in total. The van der Waals surface area contributed by atoms with Crippen LogP contribution in [0.25, 0.3) is 21.3 Å². The van der Waals surface area contributed by atoms with E-state index in [1.54, 1.807) is 43.5 Å². The highest BCUT2D eigenvalue weighted by molar-refractivity contribution is 7.19. The van der Waals surface area contributed by atoms with Gasteiger partial charge in [-0.2, -0.15) is 0 Å². The van der Waals surface area contributed by atoms with Crippen molar-refractivity contribution in [1.82, 2.24) is 9.55 Å². The summed E-state index contributed by atoms with van der Waals surface area (Å²) in [5.74, 6) is -0.0135. The Balaban J connectivity index is 1.65. The van der Waals surface area contributed by atoms with E-state index in [-0.39, 0.29) is 23.8 Å². The highest BCUT2D eigenvalue weighted by Gasteiger charge is 2.18. The number of carbonyl (C=O) groups excluding carboxylic acids is 1. The maximum atomic E-state index is 13.3. The minimum absolute atomic E-state index is 0.175. The molecule has 0 bridgehead atoms. The summed E-state index contributed by atoms with van der Waals surface area (Å²) in [6.07, 6.45) is 1.38. The number of benzene rings is 2. The van der Waals surface area contributed by atoms with Crippen LogP contribution in [0.5, 0.6) is 5.75 Å². The van der Waals surface area contributed by atoms with Crippen molar-refractivity contribution in [3.8, 4) is 16.9 Å². The normalized spacial score (nSPS) is 10.9. The van der Waals surface area contributed by atoms with E-state index in [9.17, 15) is 14.0 Å². The molecule has 0 fully saturated rings. The van der Waals surface area contributed by atoms with Gasteiger partial charge in [0.1, 0.15) is 22.9 Å². The lowest BCUT2D eigenvalue weighted by atomic mass is 10.0. The lowest BCUT2D eigenvalue weighted by Crippen LogP contribution is -2.27. The number of nitrogens with one attached hydrogen (secondary N) is 1. The second kappa shape index (κ2) is 8.08. The molecule has 0 atom stereocenters. The van der Waals surface area contributed by atoms with Crippen molar-refractivity contribution in [3.05, 3.63) is 75.9 Å². The van der Waals surface area contributed by atoms with E-state index < -0.39 is 0 Å². The van der Waals surface area contributed by atoms with Gasteiger partial charge < -0.3 is 10.1 Å². The number of fused-ring (bicyclic) bond motifs is 1. The van der Waals surface area contributed by atoms with Crippen molar-refractivity contribution in [1.29, 1.82) is 0 Å². The van der Waals surface area contributed by atoms with Crippen LogP contribution in [0.15, 0.2) is 59.7 Å². The van der Waals surface area contributed by atoms with Gasteiger partial charge in [0, 0.05) is 16.1 Å². The van der Waals surface area contributed by atoms with Gasteiger partial charge in [0.2, 0.25) is 5.91 Å². The van der Waals surface area contributed by atoms with Crippen molar-refractivity contribution < 1.29 is 13.9 Å². The standard InChI is InChI=1S/C22H18FN3O3S/c1-13-19(14-3-5-15(23)6-4-14)20-21(30-13)24-12-26(22(20)28)11-18(27)25-16-7-9-17(29-2)10-8-16/h3-10,12H,11H2,1-2H3,(H,25,27). The Morgan fingerprint density at radius 2 is 1.87 bits per heavy atom. The first kappa shape index (κ1) is 19.8. The molecule has 0 saturated carbocycles. The van der Waals surface area contributed by atoms with Crippen LogP contribution in [-0.4, -0.2) is 22.6 Å². The third-order valence-electron chi connectivity index (χ3n) is 4.68. The summed E-state index contributed by atoms with van der Waals surface area (Å²) in [7, 11) is 1.56. The molecule has 0 spiro atoms. The summed E-state index contributed by atoms with van der Waals surface area (Å²) in [6.45, 7) is 1.72. The van der Waals surface area contributed by atoms with Crippen LogP contribution in [0.1, 0.15) is 4.88 Å². The molecule has 4 rings (SSSR count). The summed E-state index contributed by atoms with van der Waals surface area (Å²) in [5, 5.41) is 3.19. The molecule has 2 heterocycles. The number of nitrogens with zero attached hydrogens (tertiary/aromatic N) is 2. The minimum atomic E-state index is -0.348. The zero-order chi connectivity index (χ0) is 21.3. The SMILES string of the molecule is COc1ccc(NC(=O)Cn2cnc3sc(C)c(-c4ccc(F)cc4)c3c2=O)cc1. The molecule has 152 valence electrons. The second-order valence-corrected chi connectivity index (χ2v) is 7.88. The number of carbonyl (C=O) groups is 1. The van der Waals surface area contributed by atoms with Gasteiger partial charge in [-0.1, -0.05) is 12.1 Å². The van der Waals surface area contributed by atoms with Crippen molar-refractivity contribution in [2.24, 2.45) is 0 Å². The largest absolute Gasteiger partial charge is 0.497 e. The highest BCUT2D eigenvalue weighted by Crippen LogP contribution is 2.35. The number of thiophene rings is 1. The first-order valence-electron chi connectivity index (χ1n) is 9.14. The molecule has 0 unspecified atom stereocenters. The van der Waals surface area contributed by atoms with Crippen LogP contribution < -0.4 is 15.6 Å². The quantitative estimate of drug-likeness (QED) is 0.522. The number of methoxy groups -OCH3 is 1. The Labute approximate surface area is 175 Å². The van der Waals surface area contributed by atoms with Crippen LogP contribution in [0, 0.1) is 12.7 Å². The van der Waals surface area contributed by atoms with E-state index in [0.717, 1.165) is 16.0 Å². The zero-order valence-corrected chi connectivity index (χ0v) is 17.1. The van der Waals surface area contributed by atoms with Gasteiger partial charge in [-0.05, 0) is 48.9 Å². The molecular weight excluding hydrogens is 405 g/mol. The molecule has 0 aliphatic carbocycles. The Morgan fingerprint density at radius 1 is 1.17 bits per heavy atom. The number of ether oxygens (including phenoxy) is 1. The monoisotopic (exact) mass is 423 g/mol. The molecule has 8 heteroatoms. The molecule has 0 saturated heterocycles. The fraction of sp³-hybridized carbons (Fsp3) is 0.136. The number of aromatic nitrogens is 2. The molecule has 2 aromatic carbocycles. The summed E-state index contributed by atoms with van der Waals surface area (Å²) < 4.78 is 19.7. The van der Waals surface area contributed by atoms with Gasteiger partial charge in [-0.25, -0.2) is 9.37 Å². The maximum absolute atomic E-state index is 13.3. The number of anilines is 1. The third-order valence-corrected chi connectivity index (χ3v) is 5.69. The predicted molar refractivity (Wildman–Crippen MR) is 116 cm³/mol. The Morgan fingerprint density at radius 3 is 2.53 bits per heavy atom. The van der Waals surface area contributed by atoms with Crippen molar-refractivity contribution in [2.45, 2.75) is 13.5 Å². The zero-order valence-electron chi connectivity index (χ0n) is 16.3. The van der Waals surface area contributed by atoms with Crippen molar-refractivity contribution in [2.75, 3.05) is 12.4 Å². The van der Waals surface area contributed by atoms with Crippen LogP contribution in [0.2, 0.25) is 0 Å². The van der Waals surface area contributed by atoms with E-state index in [1.165, 1.54) is 34.4 Å². The number of amides is 1. The van der Waals surface area contributed by atoms with Gasteiger partial charge in [0.05, 0.1) is 18.8 Å². The molecule has 1 amide bonds. The first-order chi connectivity index (χ1) is 14.5. The van der Waals surface area contributed by atoms with E-state index in [1.807, 2.05) is 6.92 Å². The van der Waals surface area contributed by atoms with Gasteiger partial charge in [0.25, 0.3) is 5.56 Å². The van der Waals surface area contributed by atoms with Crippen LogP contribution in [0.4, 0.5) is 10.1 Å². The minimum Gasteiger partial charge on any atom is -0.497 e. The molecule has 2 aromatic heterocycles. The molecule has 0 radical (unpaired) electrons. The topological polar surface area (TPSA) is 73.2 Å². The molecule has 0 aliphatic rings. The number of aryl methyl sites for hydroxylation is 1. The van der Waals surface area contributed by atoms with Gasteiger partial charge in [-0.3, -0.25) is 14.2 Å². The summed E-state index contributed by atoms with van der Waals surface area (Å²) in [4.78, 5) is 31.4. The fourth-order valence-electron chi connectivity index (χ4n) is 3.24. The second-order valence-electron chi connectivity index (χ2n) is 6.67. The van der Waals surface area contributed by atoms with Crippen LogP contribution in [-0.2, 0) is 11.3 Å². The number of hydrogen-bond acceptors (Lipinski definition) is 5. The molecule has 1 N–H and O–H groups in total. The van der Waals surface area contributed by atoms with E-state index in [2.05, 4.69) is 10.3 Å². The summed E-state index contributed by atoms with van der Waals surface area (Å²) in [6, 6.07) is 12.9. The molecule has 0 aliphatic heterocycles. The molecule has 4 aromatic rings. The van der Waals surface area contributed by atoms with Gasteiger partial charge in [-0.15, -0.1) is 11.3 Å². The smallest absolute Gasteiger partial charge is 0.263 e. The Hall–Kier alpha value is -3.52. The lowest BCUT2D eigenvalue weighted by molar-refractivity contribution is -0.116. The van der Waals surface area contributed by atoms with Gasteiger partial charge in [0.15, 0.2) is 0 Å². The number of rotatable bonds is 5. The lowest BCUT2D eigenvalue weighted by Gasteiger charge is -2.08. The number of halogens is 1. The van der Waals surface area contributed by atoms with Crippen molar-refractivity contribution >= 4 is 33.1 Å². The average Bonchev–Trinajstić information content (AvgIpc) is 3.08. The fourth-order valence-corrected chi connectivity index (χ4v) is 4.25. The van der Waals surface area contributed by atoms with Crippen molar-refractivity contribution in [3.63, 3.8) is 0 Å². The van der Waals surface area contributed by atoms with E-state index >= 15 is 0 Å². The van der Waals surface area contributed by atoms with Gasteiger partial charge >= 0.3 is 0 Å². The van der Waals surface area contributed by atoms with Crippen LogP contribution >= 0.6 is 11.3 Å².